The summed E-state index contributed by atoms with van der Waals surface area (Å²) in [7, 11) is 1.55. The van der Waals surface area contributed by atoms with Gasteiger partial charge in [-0.15, -0.1) is 0 Å². The number of carboxylic acid groups (broad SMARTS) is 1. The number of anilines is 2. The van der Waals surface area contributed by atoms with Crippen LogP contribution in [0.25, 0.3) is 0 Å². The van der Waals surface area contributed by atoms with Crippen LogP contribution >= 0.6 is 0 Å². The van der Waals surface area contributed by atoms with Crippen molar-refractivity contribution < 1.29 is 57.7 Å². The second kappa shape index (κ2) is 31.6. The van der Waals surface area contributed by atoms with Gasteiger partial charge in [0.15, 0.2) is 11.6 Å². The van der Waals surface area contributed by atoms with E-state index in [9.17, 15) is 38.4 Å². The van der Waals surface area contributed by atoms with Crippen LogP contribution in [0.15, 0.2) is 72.8 Å². The Kier molecular flexibility index (Phi) is 25.0. The van der Waals surface area contributed by atoms with Gasteiger partial charge < -0.3 is 68.0 Å². The van der Waals surface area contributed by atoms with Crippen LogP contribution in [0.3, 0.4) is 0 Å². The monoisotopic (exact) mass is 1000 g/mol. The molecule has 0 fully saturated rings. The average molecular weight is 1000 g/mol. The molecule has 2 aromatic heterocycles. The Labute approximate surface area is 415 Å². The van der Waals surface area contributed by atoms with E-state index in [4.69, 9.17) is 30.8 Å². The van der Waals surface area contributed by atoms with Crippen molar-refractivity contribution in [3.05, 3.63) is 95.3 Å². The van der Waals surface area contributed by atoms with Gasteiger partial charge in [0.25, 0.3) is 17.7 Å². The van der Waals surface area contributed by atoms with Gasteiger partial charge in [-0.1, -0.05) is 60.7 Å². The molecule has 390 valence electrons. The van der Waals surface area contributed by atoms with Crippen molar-refractivity contribution in [1.29, 1.82) is 0 Å². The Morgan fingerprint density at radius 3 is 1.58 bits per heavy atom. The molecule has 0 spiro atoms. The molecule has 0 bridgehead atoms. The van der Waals surface area contributed by atoms with E-state index in [1.807, 2.05) is 0 Å². The minimum Gasteiger partial charge on any atom is -0.480 e. The van der Waals surface area contributed by atoms with Crippen LogP contribution in [-0.4, -0.2) is 157 Å². The number of aromatic amines is 2. The Morgan fingerprint density at radius 1 is 0.583 bits per heavy atom. The summed E-state index contributed by atoms with van der Waals surface area (Å²) in [6.45, 7) is 0.900. The van der Waals surface area contributed by atoms with E-state index in [0.29, 0.717) is 63.1 Å². The normalized spacial score (nSPS) is 12.6. The fourth-order valence-electron chi connectivity index (χ4n) is 6.87. The summed E-state index contributed by atoms with van der Waals surface area (Å²) in [6.07, 6.45) is 2.07. The highest BCUT2D eigenvalue weighted by Gasteiger charge is 2.32. The molecule has 4 rings (SSSR count). The third-order valence-corrected chi connectivity index (χ3v) is 10.6. The largest absolute Gasteiger partial charge is 0.480 e. The average Bonchev–Trinajstić information content (AvgIpc) is 4.05. The van der Waals surface area contributed by atoms with E-state index < -0.39 is 78.0 Å². The predicted octanol–water partition coefficient (Wildman–Crippen LogP) is -0.500. The Bertz CT molecular complexity index is 2350. The van der Waals surface area contributed by atoms with Gasteiger partial charge in [-0.25, -0.2) is 0 Å². The number of carbonyl (C=O) groups is 8. The Hall–Kier alpha value is -7.58. The van der Waals surface area contributed by atoms with Crippen molar-refractivity contribution in [2.24, 2.45) is 11.5 Å². The number of benzene rings is 2. The molecule has 72 heavy (non-hydrogen) atoms. The van der Waals surface area contributed by atoms with Gasteiger partial charge in [-0.2, -0.15) is 10.2 Å². The molecule has 0 saturated carbocycles. The molecule has 0 aliphatic heterocycles. The number of unbranched alkanes of at least 4 members (excludes halogenated alkanes) is 2. The number of rotatable bonds is 34. The van der Waals surface area contributed by atoms with Gasteiger partial charge in [0.1, 0.15) is 48.7 Å². The number of carboxylic acids is 1. The SMILES string of the molecule is COCCOCCOCC(=O)Nc1cc(C(=O)N[C@@H](CCCCN)C(=O)N[C@@H](Cc2ccccc2)C(=O)N[C@@H](Cc2ccccc2)C(=O)N[C@@H](CCCCN)C(=O)Nc2cc(C(=O)NCC(=O)O)[nH]n2)[nH]n1. The maximum absolute atomic E-state index is 14.5. The van der Waals surface area contributed by atoms with Gasteiger partial charge >= 0.3 is 5.97 Å². The molecule has 4 aromatic rings. The number of aromatic nitrogens is 4. The summed E-state index contributed by atoms with van der Waals surface area (Å²) in [5.74, 6) is -6.27. The number of amides is 7. The van der Waals surface area contributed by atoms with Gasteiger partial charge in [-0.05, 0) is 62.7 Å². The maximum atomic E-state index is 14.5. The van der Waals surface area contributed by atoms with Crippen LogP contribution in [0.2, 0.25) is 0 Å². The molecular formula is C47H65N13O12. The number of nitrogens with one attached hydrogen (secondary N) is 9. The maximum Gasteiger partial charge on any atom is 0.322 e. The van der Waals surface area contributed by atoms with Crippen LogP contribution < -0.4 is 48.7 Å². The molecule has 4 atom stereocenters. The van der Waals surface area contributed by atoms with E-state index in [-0.39, 0.29) is 68.5 Å². The molecule has 0 unspecified atom stereocenters. The molecule has 7 amide bonds. The predicted molar refractivity (Wildman–Crippen MR) is 261 cm³/mol. The number of hydrogen-bond acceptors (Lipinski definition) is 15. The minimum atomic E-state index is -1.29. The second-order valence-corrected chi connectivity index (χ2v) is 16.3. The molecule has 2 heterocycles. The lowest BCUT2D eigenvalue weighted by atomic mass is 10.0. The first kappa shape index (κ1) is 57.0. The van der Waals surface area contributed by atoms with Gasteiger partial charge in [-0.3, -0.25) is 48.6 Å². The number of methoxy groups -OCH3 is 1. The number of nitrogens with two attached hydrogens (primary N) is 2. The molecule has 0 radical (unpaired) electrons. The highest BCUT2D eigenvalue weighted by Crippen LogP contribution is 2.13. The molecular weight excluding hydrogens is 939 g/mol. The van der Waals surface area contributed by atoms with Crippen molar-refractivity contribution in [2.45, 2.75) is 75.5 Å². The van der Waals surface area contributed by atoms with Crippen molar-refractivity contribution in [3.63, 3.8) is 0 Å². The fraction of sp³-hybridized carbons (Fsp3) is 0.447. The van der Waals surface area contributed by atoms with Crippen molar-refractivity contribution in [1.82, 2.24) is 47.0 Å². The van der Waals surface area contributed by atoms with E-state index in [1.54, 1.807) is 67.8 Å². The highest BCUT2D eigenvalue weighted by atomic mass is 16.5. The summed E-state index contributed by atoms with van der Waals surface area (Å²) >= 11 is 0. The van der Waals surface area contributed by atoms with E-state index in [0.717, 1.165) is 0 Å². The van der Waals surface area contributed by atoms with Crippen LogP contribution in [0.1, 0.15) is 70.6 Å². The third-order valence-electron chi connectivity index (χ3n) is 10.6. The molecule has 14 N–H and O–H groups in total. The zero-order valence-corrected chi connectivity index (χ0v) is 40.0. The van der Waals surface area contributed by atoms with Gasteiger partial charge in [0, 0.05) is 32.1 Å². The summed E-state index contributed by atoms with van der Waals surface area (Å²) in [5, 5.41) is 40.1. The van der Waals surface area contributed by atoms with E-state index in [2.05, 4.69) is 57.6 Å². The summed E-state index contributed by atoms with van der Waals surface area (Å²) < 4.78 is 15.5. The zero-order valence-electron chi connectivity index (χ0n) is 40.0. The first-order chi connectivity index (χ1) is 34.8. The Morgan fingerprint density at radius 2 is 1.06 bits per heavy atom. The molecule has 0 aliphatic carbocycles. The molecule has 0 aliphatic rings. The van der Waals surface area contributed by atoms with Crippen LogP contribution in [0.4, 0.5) is 11.6 Å². The van der Waals surface area contributed by atoms with Gasteiger partial charge in [0.05, 0.1) is 26.4 Å². The third kappa shape index (κ3) is 20.8. The van der Waals surface area contributed by atoms with Gasteiger partial charge in [0.2, 0.25) is 23.6 Å². The van der Waals surface area contributed by atoms with Crippen molar-refractivity contribution >= 4 is 59.0 Å². The quantitative estimate of drug-likeness (QED) is 0.0263. The summed E-state index contributed by atoms with van der Waals surface area (Å²) in [4.78, 5) is 106. The minimum absolute atomic E-state index is 0.0267. The number of carbonyl (C=O) groups excluding carboxylic acids is 7. The first-order valence-electron chi connectivity index (χ1n) is 23.4. The zero-order chi connectivity index (χ0) is 52.1. The summed E-state index contributed by atoms with van der Waals surface area (Å²) in [6, 6.07) is 15.2. The van der Waals surface area contributed by atoms with Crippen LogP contribution in [0, 0.1) is 0 Å². The number of aliphatic carboxylic acids is 1. The van der Waals surface area contributed by atoms with Crippen molar-refractivity contribution in [2.75, 3.05) is 70.4 Å². The number of nitrogens with zero attached hydrogens (tertiary/aromatic N) is 2. The van der Waals surface area contributed by atoms with Crippen LogP contribution in [-0.2, 0) is 55.8 Å². The number of H-pyrrole nitrogens is 2. The lowest BCUT2D eigenvalue weighted by molar-refractivity contribution is -0.136. The first-order valence-corrected chi connectivity index (χ1v) is 23.4. The van der Waals surface area contributed by atoms with Crippen molar-refractivity contribution in [3.8, 4) is 0 Å². The second-order valence-electron chi connectivity index (χ2n) is 16.3. The van der Waals surface area contributed by atoms with E-state index in [1.165, 1.54) is 12.1 Å². The lowest BCUT2D eigenvalue weighted by Gasteiger charge is -2.27. The number of ether oxygens (including phenoxy) is 3. The molecule has 2 aromatic carbocycles. The molecule has 0 saturated heterocycles. The number of hydrogen-bond donors (Lipinski definition) is 12. The smallest absolute Gasteiger partial charge is 0.322 e. The topological polar surface area (TPSA) is 378 Å². The van der Waals surface area contributed by atoms with Crippen LogP contribution in [0.5, 0.6) is 0 Å². The van der Waals surface area contributed by atoms with E-state index >= 15 is 0 Å². The highest BCUT2D eigenvalue weighted by molar-refractivity contribution is 6.01. The lowest BCUT2D eigenvalue weighted by Crippen LogP contribution is -2.59. The fourth-order valence-corrected chi connectivity index (χ4v) is 6.87. The Balaban J connectivity index is 1.52. The summed E-state index contributed by atoms with van der Waals surface area (Å²) in [5.41, 5.74) is 12.6. The molecule has 25 nitrogen and oxygen atoms in total. The standard InChI is InChI=1S/C47H65N13O12/c1-70-20-21-71-22-23-72-29-40(61)55-38-27-37(58-59-38)47(69)52-32(16-8-10-18-48)43(65)53-35(25-31-14-6-3-7-15-31)46(68)54-34(24-30-12-4-2-5-13-30)45(67)51-33(17-9-11-19-49)44(66)56-39-26-36(57-60-39)42(64)50-28-41(62)63/h2-7,12-15,26-27,32-35H,8-11,16-25,28-29,48-49H2,1H3,(H,50,64)(H,51,67)(H,52,69)(H,53,65)(H,54,68)(H,62,63)(H2,55,58,59,61)(H2,56,57,60,66)/t32-,33-,34-,35-/m0/s1. The molecule has 25 heteroatoms.